The molecule has 0 spiro atoms. The summed E-state index contributed by atoms with van der Waals surface area (Å²) in [6.45, 7) is 9.26. The molecule has 1 aromatic carbocycles. The molecule has 1 aromatic rings. The van der Waals surface area contributed by atoms with E-state index in [1.807, 2.05) is 25.7 Å². The van der Waals surface area contributed by atoms with Crippen molar-refractivity contribution in [2.75, 3.05) is 33.3 Å². The van der Waals surface area contributed by atoms with Crippen LogP contribution in [-0.2, 0) is 0 Å². The molecule has 0 aliphatic carbocycles. The zero-order chi connectivity index (χ0) is 14.0. The van der Waals surface area contributed by atoms with E-state index in [0.29, 0.717) is 5.56 Å². The molecule has 0 bridgehead atoms. The van der Waals surface area contributed by atoms with E-state index in [0.717, 1.165) is 48.6 Å². The summed E-state index contributed by atoms with van der Waals surface area (Å²) in [6.07, 6.45) is 0. The highest BCUT2D eigenvalue weighted by Gasteiger charge is 2.24. The summed E-state index contributed by atoms with van der Waals surface area (Å²) < 4.78 is 5.49. The van der Waals surface area contributed by atoms with E-state index in [4.69, 9.17) is 4.74 Å². The number of carbonyl (C=O) groups excluding carboxylic acids is 1. The summed E-state index contributed by atoms with van der Waals surface area (Å²) in [5.41, 5.74) is 3.91. The first-order chi connectivity index (χ1) is 9.06. The number of methoxy groups -OCH3 is 1. The Bertz CT molecular complexity index is 491. The molecule has 0 aromatic heterocycles. The van der Waals surface area contributed by atoms with E-state index in [-0.39, 0.29) is 5.91 Å². The topological polar surface area (TPSA) is 41.6 Å². The molecular weight excluding hydrogens is 240 g/mol. The molecule has 1 heterocycles. The number of aryl methyl sites for hydroxylation is 2. The van der Waals surface area contributed by atoms with Gasteiger partial charge in [0.2, 0.25) is 0 Å². The molecule has 2 rings (SSSR count). The molecule has 1 saturated heterocycles. The molecular formula is C15H22N2O2. The van der Waals surface area contributed by atoms with Crippen LogP contribution in [0.2, 0.25) is 0 Å². The van der Waals surface area contributed by atoms with Crippen molar-refractivity contribution in [1.29, 1.82) is 0 Å². The van der Waals surface area contributed by atoms with Crippen LogP contribution in [-0.4, -0.2) is 44.1 Å². The van der Waals surface area contributed by atoms with Crippen LogP contribution in [0.15, 0.2) is 6.07 Å². The number of rotatable bonds is 2. The zero-order valence-electron chi connectivity index (χ0n) is 12.2. The van der Waals surface area contributed by atoms with Crippen LogP contribution < -0.4 is 10.1 Å². The Labute approximate surface area is 114 Å². The van der Waals surface area contributed by atoms with Crippen molar-refractivity contribution < 1.29 is 9.53 Å². The minimum Gasteiger partial charge on any atom is -0.496 e. The van der Waals surface area contributed by atoms with Crippen LogP contribution in [0.5, 0.6) is 5.75 Å². The van der Waals surface area contributed by atoms with Gasteiger partial charge in [0, 0.05) is 26.2 Å². The van der Waals surface area contributed by atoms with Crippen molar-refractivity contribution in [3.05, 3.63) is 28.3 Å². The first-order valence-corrected chi connectivity index (χ1v) is 6.71. The number of amides is 1. The minimum absolute atomic E-state index is 0.0824. The lowest BCUT2D eigenvalue weighted by Crippen LogP contribution is -2.46. The first-order valence-electron chi connectivity index (χ1n) is 6.71. The maximum absolute atomic E-state index is 12.7. The second-order valence-corrected chi connectivity index (χ2v) is 5.09. The maximum Gasteiger partial charge on any atom is 0.257 e. The van der Waals surface area contributed by atoms with Crippen LogP contribution in [0, 0.1) is 20.8 Å². The highest BCUT2D eigenvalue weighted by molar-refractivity contribution is 5.99. The van der Waals surface area contributed by atoms with E-state index in [9.17, 15) is 4.79 Å². The average Bonchev–Trinajstić information content (AvgIpc) is 2.42. The summed E-state index contributed by atoms with van der Waals surface area (Å²) in [6, 6.07) is 2.06. The predicted octanol–water partition coefficient (Wildman–Crippen LogP) is 1.67. The minimum atomic E-state index is 0.0824. The maximum atomic E-state index is 12.7. The molecule has 104 valence electrons. The molecule has 4 nitrogen and oxygen atoms in total. The van der Waals surface area contributed by atoms with Crippen molar-refractivity contribution in [3.63, 3.8) is 0 Å². The lowest BCUT2D eigenvalue weighted by molar-refractivity contribution is 0.0731. The van der Waals surface area contributed by atoms with Gasteiger partial charge >= 0.3 is 0 Å². The fourth-order valence-electron chi connectivity index (χ4n) is 2.60. The molecule has 0 radical (unpaired) electrons. The van der Waals surface area contributed by atoms with Gasteiger partial charge in [-0.05, 0) is 37.5 Å². The lowest BCUT2D eigenvalue weighted by atomic mass is 9.98. The highest BCUT2D eigenvalue weighted by atomic mass is 16.5. The predicted molar refractivity (Wildman–Crippen MR) is 76.0 cm³/mol. The van der Waals surface area contributed by atoms with Gasteiger partial charge < -0.3 is 15.0 Å². The largest absolute Gasteiger partial charge is 0.496 e. The molecule has 1 fully saturated rings. The summed E-state index contributed by atoms with van der Waals surface area (Å²) in [5.74, 6) is 0.806. The second kappa shape index (κ2) is 5.61. The van der Waals surface area contributed by atoms with Gasteiger partial charge in [0.1, 0.15) is 5.75 Å². The fraction of sp³-hybridized carbons (Fsp3) is 0.533. The molecule has 0 atom stereocenters. The molecule has 1 aliphatic rings. The molecule has 0 unspecified atom stereocenters. The Morgan fingerprint density at radius 1 is 1.21 bits per heavy atom. The summed E-state index contributed by atoms with van der Waals surface area (Å²) in [4.78, 5) is 14.6. The summed E-state index contributed by atoms with van der Waals surface area (Å²) in [7, 11) is 1.63. The van der Waals surface area contributed by atoms with Crippen molar-refractivity contribution in [2.24, 2.45) is 0 Å². The number of hydrogen-bond donors (Lipinski definition) is 1. The van der Waals surface area contributed by atoms with Gasteiger partial charge in [-0.25, -0.2) is 0 Å². The standard InChI is InChI=1S/C15H22N2O2/c1-10-9-11(2)13(14(19-4)12(10)3)15(18)17-7-5-16-6-8-17/h9,16H,5-8H2,1-4H3. The Morgan fingerprint density at radius 3 is 2.42 bits per heavy atom. The van der Waals surface area contributed by atoms with Crippen molar-refractivity contribution in [1.82, 2.24) is 10.2 Å². The van der Waals surface area contributed by atoms with Gasteiger partial charge in [-0.15, -0.1) is 0 Å². The van der Waals surface area contributed by atoms with Crippen molar-refractivity contribution >= 4 is 5.91 Å². The highest BCUT2D eigenvalue weighted by Crippen LogP contribution is 2.30. The van der Waals surface area contributed by atoms with E-state index < -0.39 is 0 Å². The second-order valence-electron chi connectivity index (χ2n) is 5.09. The normalized spacial score (nSPS) is 15.5. The molecule has 4 heteroatoms. The monoisotopic (exact) mass is 262 g/mol. The van der Waals surface area contributed by atoms with Gasteiger partial charge in [-0.2, -0.15) is 0 Å². The van der Waals surface area contributed by atoms with Crippen LogP contribution in [0.4, 0.5) is 0 Å². The summed E-state index contributed by atoms with van der Waals surface area (Å²) in [5, 5.41) is 3.26. The van der Waals surface area contributed by atoms with Crippen LogP contribution in [0.3, 0.4) is 0 Å². The number of hydrogen-bond acceptors (Lipinski definition) is 3. The van der Waals surface area contributed by atoms with Gasteiger partial charge in [0.25, 0.3) is 5.91 Å². The lowest BCUT2D eigenvalue weighted by Gasteiger charge is -2.29. The number of benzene rings is 1. The van der Waals surface area contributed by atoms with E-state index in [2.05, 4.69) is 11.4 Å². The first kappa shape index (κ1) is 13.9. The van der Waals surface area contributed by atoms with Gasteiger partial charge in [-0.3, -0.25) is 4.79 Å². The molecule has 1 N–H and O–H groups in total. The zero-order valence-corrected chi connectivity index (χ0v) is 12.2. The third-order valence-electron chi connectivity index (χ3n) is 3.81. The Balaban J connectivity index is 2.43. The fourth-order valence-corrected chi connectivity index (χ4v) is 2.60. The van der Waals surface area contributed by atoms with Crippen LogP contribution in [0.1, 0.15) is 27.0 Å². The average molecular weight is 262 g/mol. The van der Waals surface area contributed by atoms with E-state index in [1.165, 1.54) is 0 Å². The number of nitrogens with zero attached hydrogens (tertiary/aromatic N) is 1. The SMILES string of the molecule is COc1c(C)c(C)cc(C)c1C(=O)N1CCNCC1. The number of carbonyl (C=O) groups is 1. The van der Waals surface area contributed by atoms with Crippen LogP contribution in [0.25, 0.3) is 0 Å². The third-order valence-corrected chi connectivity index (χ3v) is 3.81. The smallest absolute Gasteiger partial charge is 0.257 e. The number of piperazine rings is 1. The van der Waals surface area contributed by atoms with Crippen molar-refractivity contribution in [3.8, 4) is 5.75 Å². The van der Waals surface area contributed by atoms with Crippen LogP contribution >= 0.6 is 0 Å². The van der Waals surface area contributed by atoms with Crippen molar-refractivity contribution in [2.45, 2.75) is 20.8 Å². The van der Waals surface area contributed by atoms with Gasteiger partial charge in [-0.1, -0.05) is 6.07 Å². The Kier molecular flexibility index (Phi) is 4.10. The van der Waals surface area contributed by atoms with Gasteiger partial charge in [0.15, 0.2) is 0 Å². The Morgan fingerprint density at radius 2 is 1.84 bits per heavy atom. The molecule has 1 aliphatic heterocycles. The molecule has 1 amide bonds. The van der Waals surface area contributed by atoms with E-state index >= 15 is 0 Å². The molecule has 19 heavy (non-hydrogen) atoms. The van der Waals surface area contributed by atoms with Gasteiger partial charge in [0.05, 0.1) is 12.7 Å². The number of nitrogens with one attached hydrogen (secondary N) is 1. The quantitative estimate of drug-likeness (QED) is 0.881. The summed E-state index contributed by atoms with van der Waals surface area (Å²) >= 11 is 0. The van der Waals surface area contributed by atoms with E-state index in [1.54, 1.807) is 7.11 Å². The Hall–Kier alpha value is -1.55. The third kappa shape index (κ3) is 2.59. The number of ether oxygens (including phenoxy) is 1. The molecule has 0 saturated carbocycles.